The van der Waals surface area contributed by atoms with Gasteiger partial charge in [-0.15, -0.1) is 0 Å². The summed E-state index contributed by atoms with van der Waals surface area (Å²) < 4.78 is 5.60. The fourth-order valence-corrected chi connectivity index (χ4v) is 2.04. The number of carbonyl (C=O) groups is 1. The molecule has 0 saturated heterocycles. The summed E-state index contributed by atoms with van der Waals surface area (Å²) in [6.45, 7) is 6.74. The highest BCUT2D eigenvalue weighted by Gasteiger charge is 2.33. The normalized spacial score (nSPS) is 11.3. The van der Waals surface area contributed by atoms with Gasteiger partial charge in [-0.05, 0) is 37.5 Å². The SMILES string of the molecule is CCC(CC)(NCCOc1cccc(C)c1)C(=O)O. The second-order valence-electron chi connectivity index (χ2n) is 4.69. The Morgan fingerprint density at radius 3 is 2.58 bits per heavy atom. The van der Waals surface area contributed by atoms with E-state index in [0.29, 0.717) is 26.0 Å². The predicted molar refractivity (Wildman–Crippen MR) is 75.6 cm³/mol. The molecule has 0 amide bonds. The van der Waals surface area contributed by atoms with E-state index in [2.05, 4.69) is 5.32 Å². The Bertz CT molecular complexity index is 414. The summed E-state index contributed by atoms with van der Waals surface area (Å²) in [5.41, 5.74) is 0.308. The van der Waals surface area contributed by atoms with Crippen molar-refractivity contribution in [3.05, 3.63) is 29.8 Å². The smallest absolute Gasteiger partial charge is 0.323 e. The summed E-state index contributed by atoms with van der Waals surface area (Å²) in [4.78, 5) is 11.3. The summed E-state index contributed by atoms with van der Waals surface area (Å²) >= 11 is 0. The molecule has 1 rings (SSSR count). The van der Waals surface area contributed by atoms with Gasteiger partial charge >= 0.3 is 5.97 Å². The van der Waals surface area contributed by atoms with E-state index in [1.165, 1.54) is 0 Å². The molecule has 4 nitrogen and oxygen atoms in total. The molecule has 0 atom stereocenters. The van der Waals surface area contributed by atoms with E-state index in [-0.39, 0.29) is 0 Å². The van der Waals surface area contributed by atoms with Crippen molar-refractivity contribution >= 4 is 5.97 Å². The minimum atomic E-state index is -0.837. The highest BCUT2D eigenvalue weighted by Crippen LogP contribution is 2.15. The molecule has 1 aromatic rings. The van der Waals surface area contributed by atoms with E-state index in [4.69, 9.17) is 4.74 Å². The first-order chi connectivity index (χ1) is 9.04. The number of hydrogen-bond acceptors (Lipinski definition) is 3. The van der Waals surface area contributed by atoms with Crippen LogP contribution in [0.1, 0.15) is 32.3 Å². The quantitative estimate of drug-likeness (QED) is 0.709. The molecular weight excluding hydrogens is 242 g/mol. The lowest BCUT2D eigenvalue weighted by molar-refractivity contribution is -0.145. The summed E-state index contributed by atoms with van der Waals surface area (Å²) in [6.07, 6.45) is 1.12. The molecule has 106 valence electrons. The average molecular weight is 265 g/mol. The monoisotopic (exact) mass is 265 g/mol. The largest absolute Gasteiger partial charge is 0.492 e. The van der Waals surface area contributed by atoms with Gasteiger partial charge in [0.05, 0.1) is 0 Å². The van der Waals surface area contributed by atoms with E-state index >= 15 is 0 Å². The van der Waals surface area contributed by atoms with E-state index in [0.717, 1.165) is 11.3 Å². The Labute approximate surface area is 114 Å². The molecule has 0 bridgehead atoms. The number of rotatable bonds is 8. The molecule has 4 heteroatoms. The van der Waals surface area contributed by atoms with Crippen LogP contribution in [-0.4, -0.2) is 29.8 Å². The van der Waals surface area contributed by atoms with Gasteiger partial charge in [0.15, 0.2) is 0 Å². The highest BCUT2D eigenvalue weighted by atomic mass is 16.5. The Morgan fingerprint density at radius 1 is 1.37 bits per heavy atom. The van der Waals surface area contributed by atoms with Gasteiger partial charge in [0.25, 0.3) is 0 Å². The molecule has 0 aliphatic rings. The molecule has 0 aliphatic heterocycles. The van der Waals surface area contributed by atoms with Gasteiger partial charge in [0, 0.05) is 6.54 Å². The average Bonchev–Trinajstić information content (AvgIpc) is 2.39. The first-order valence-electron chi connectivity index (χ1n) is 6.72. The van der Waals surface area contributed by atoms with Crippen molar-refractivity contribution in [2.24, 2.45) is 0 Å². The van der Waals surface area contributed by atoms with Crippen LogP contribution >= 0.6 is 0 Å². The van der Waals surface area contributed by atoms with E-state index in [1.54, 1.807) is 0 Å². The molecule has 0 radical (unpaired) electrons. The van der Waals surface area contributed by atoms with Crippen LogP contribution in [0.5, 0.6) is 5.75 Å². The van der Waals surface area contributed by atoms with E-state index in [9.17, 15) is 9.90 Å². The van der Waals surface area contributed by atoms with E-state index < -0.39 is 11.5 Å². The van der Waals surface area contributed by atoms with Crippen molar-refractivity contribution in [3.63, 3.8) is 0 Å². The summed E-state index contributed by atoms with van der Waals surface area (Å²) in [5.74, 6) is 0.0174. The summed E-state index contributed by atoms with van der Waals surface area (Å²) in [6, 6.07) is 7.81. The maximum atomic E-state index is 11.3. The molecule has 2 N–H and O–H groups in total. The second kappa shape index (κ2) is 7.14. The van der Waals surface area contributed by atoms with Crippen LogP contribution in [0, 0.1) is 6.92 Å². The fraction of sp³-hybridized carbons (Fsp3) is 0.533. The zero-order chi connectivity index (χ0) is 14.3. The predicted octanol–water partition coefficient (Wildman–Crippen LogP) is 2.61. The molecule has 0 fully saturated rings. The van der Waals surface area contributed by atoms with Gasteiger partial charge in [-0.2, -0.15) is 0 Å². The van der Waals surface area contributed by atoms with Crippen LogP contribution in [0.25, 0.3) is 0 Å². The van der Waals surface area contributed by atoms with Crippen LogP contribution in [0.3, 0.4) is 0 Å². The van der Waals surface area contributed by atoms with Crippen LogP contribution in [0.2, 0.25) is 0 Å². The Hall–Kier alpha value is -1.55. The van der Waals surface area contributed by atoms with Crippen molar-refractivity contribution in [2.45, 2.75) is 39.2 Å². The van der Waals surface area contributed by atoms with Gasteiger partial charge in [-0.1, -0.05) is 26.0 Å². The van der Waals surface area contributed by atoms with Crippen LogP contribution in [-0.2, 0) is 4.79 Å². The van der Waals surface area contributed by atoms with Crippen LogP contribution in [0.15, 0.2) is 24.3 Å². The number of aliphatic carboxylic acids is 1. The summed E-state index contributed by atoms with van der Waals surface area (Å²) in [5, 5.41) is 12.4. The third-order valence-electron chi connectivity index (χ3n) is 3.44. The first kappa shape index (κ1) is 15.5. The van der Waals surface area contributed by atoms with Gasteiger partial charge in [-0.25, -0.2) is 0 Å². The maximum Gasteiger partial charge on any atom is 0.323 e. The second-order valence-corrected chi connectivity index (χ2v) is 4.69. The zero-order valence-electron chi connectivity index (χ0n) is 11.9. The molecule has 19 heavy (non-hydrogen) atoms. The molecule has 0 unspecified atom stereocenters. The zero-order valence-corrected chi connectivity index (χ0v) is 11.9. The third-order valence-corrected chi connectivity index (χ3v) is 3.44. The topological polar surface area (TPSA) is 58.6 Å². The number of carboxylic acids is 1. The van der Waals surface area contributed by atoms with Crippen molar-refractivity contribution < 1.29 is 14.6 Å². The molecular formula is C15H23NO3. The summed E-state index contributed by atoms with van der Waals surface area (Å²) in [7, 11) is 0. The minimum absolute atomic E-state index is 0.457. The lowest BCUT2D eigenvalue weighted by Gasteiger charge is -2.28. The molecule has 0 aliphatic carbocycles. The highest BCUT2D eigenvalue weighted by molar-refractivity contribution is 5.78. The lowest BCUT2D eigenvalue weighted by Crippen LogP contribution is -2.52. The minimum Gasteiger partial charge on any atom is -0.492 e. The maximum absolute atomic E-state index is 11.3. The van der Waals surface area contributed by atoms with Gasteiger partial charge in [-0.3, -0.25) is 10.1 Å². The molecule has 0 saturated carbocycles. The molecule has 1 aromatic carbocycles. The molecule has 0 spiro atoms. The van der Waals surface area contributed by atoms with Gasteiger partial charge in [0.1, 0.15) is 17.9 Å². The number of carboxylic acid groups (broad SMARTS) is 1. The molecule has 0 heterocycles. The van der Waals surface area contributed by atoms with Crippen LogP contribution < -0.4 is 10.1 Å². The van der Waals surface area contributed by atoms with Crippen molar-refractivity contribution in [2.75, 3.05) is 13.2 Å². The Morgan fingerprint density at radius 2 is 2.05 bits per heavy atom. The standard InChI is InChI=1S/C15H23NO3/c1-4-15(5-2,14(17)18)16-9-10-19-13-8-6-7-12(3)11-13/h6-8,11,16H,4-5,9-10H2,1-3H3,(H,17,18). The van der Waals surface area contributed by atoms with Gasteiger partial charge < -0.3 is 9.84 Å². The van der Waals surface area contributed by atoms with Gasteiger partial charge in [0.2, 0.25) is 0 Å². The first-order valence-corrected chi connectivity index (χ1v) is 6.72. The van der Waals surface area contributed by atoms with Crippen molar-refractivity contribution in [1.29, 1.82) is 0 Å². The number of benzene rings is 1. The van der Waals surface area contributed by atoms with Crippen molar-refractivity contribution in [3.8, 4) is 5.75 Å². The van der Waals surface area contributed by atoms with Crippen LogP contribution in [0.4, 0.5) is 0 Å². The number of nitrogens with one attached hydrogen (secondary N) is 1. The lowest BCUT2D eigenvalue weighted by atomic mass is 9.93. The Balaban J connectivity index is 2.43. The van der Waals surface area contributed by atoms with E-state index in [1.807, 2.05) is 45.0 Å². The fourth-order valence-electron chi connectivity index (χ4n) is 2.04. The Kier molecular flexibility index (Phi) is 5.83. The number of hydrogen-bond donors (Lipinski definition) is 2. The number of aryl methyl sites for hydroxylation is 1. The molecule has 0 aromatic heterocycles. The third kappa shape index (κ3) is 4.24. The number of ether oxygens (including phenoxy) is 1. The van der Waals surface area contributed by atoms with Crippen molar-refractivity contribution in [1.82, 2.24) is 5.32 Å².